The molecule has 0 aromatic rings. The second-order valence-corrected chi connectivity index (χ2v) is 12.1. The van der Waals surface area contributed by atoms with E-state index in [9.17, 15) is 0 Å². The van der Waals surface area contributed by atoms with Crippen molar-refractivity contribution in [2.24, 2.45) is 0 Å². The van der Waals surface area contributed by atoms with Gasteiger partial charge in [0.15, 0.2) is 0 Å². The van der Waals surface area contributed by atoms with Crippen molar-refractivity contribution in [3.05, 3.63) is 0 Å². The van der Waals surface area contributed by atoms with E-state index in [1.807, 2.05) is 0 Å². The molecule has 86 valence electrons. The van der Waals surface area contributed by atoms with Crippen molar-refractivity contribution in [1.29, 1.82) is 0 Å². The molecule has 0 aromatic carbocycles. The van der Waals surface area contributed by atoms with Crippen LogP contribution in [-0.2, 0) is 17.4 Å². The third-order valence-electron chi connectivity index (χ3n) is 2.07. The van der Waals surface area contributed by atoms with Gasteiger partial charge in [-0.05, 0) is 64.4 Å². The van der Waals surface area contributed by atoms with Crippen LogP contribution in [0.3, 0.4) is 0 Å². The topological polar surface area (TPSA) is 0 Å². The van der Waals surface area contributed by atoms with Gasteiger partial charge in [-0.2, -0.15) is 0 Å². The Morgan fingerprint density at radius 3 is 1.57 bits per heavy atom. The molecule has 0 aliphatic carbocycles. The second kappa shape index (κ2) is 11.3. The Kier molecular flexibility index (Phi) is 14.7. The largest absolute Gasteiger partial charge is 0.113 e. The van der Waals surface area contributed by atoms with E-state index >= 15 is 0 Å². The van der Waals surface area contributed by atoms with E-state index in [4.69, 9.17) is 0 Å². The van der Waals surface area contributed by atoms with Gasteiger partial charge in [0, 0.05) is 17.4 Å². The van der Waals surface area contributed by atoms with Crippen LogP contribution in [0.1, 0.15) is 6.42 Å². The van der Waals surface area contributed by atoms with Crippen LogP contribution in [0.2, 0.25) is 0 Å². The van der Waals surface area contributed by atoms with Crippen LogP contribution in [0.15, 0.2) is 0 Å². The summed E-state index contributed by atoms with van der Waals surface area (Å²) in [6, 6.07) is 0. The predicted molar refractivity (Wildman–Crippen MR) is 74.5 cm³/mol. The maximum atomic E-state index is 2.49. The second-order valence-electron chi connectivity index (χ2n) is 4.26. The first-order valence-electron chi connectivity index (χ1n) is 5.00. The first kappa shape index (κ1) is 18.2. The van der Waals surface area contributed by atoms with Gasteiger partial charge in [-0.25, -0.2) is 0 Å². The predicted octanol–water partition coefficient (Wildman–Crippen LogP) is 3.97. The van der Waals surface area contributed by atoms with Crippen LogP contribution in [0, 0.1) is 0 Å². The standard InChI is InChI=1S/C10H25P3.Cr/c1-11(2)7-6-8-13(5)10-9-12(3)4;/h6-10H2,1-5H3;. The molecule has 0 heterocycles. The van der Waals surface area contributed by atoms with Gasteiger partial charge in [-0.1, -0.05) is 0 Å². The molecule has 14 heavy (non-hydrogen) atoms. The van der Waals surface area contributed by atoms with Crippen molar-refractivity contribution in [3.8, 4) is 0 Å². The molecule has 0 saturated carbocycles. The van der Waals surface area contributed by atoms with Crippen molar-refractivity contribution >= 4 is 23.8 Å². The molecule has 0 fully saturated rings. The Morgan fingerprint density at radius 1 is 0.643 bits per heavy atom. The summed E-state index contributed by atoms with van der Waals surface area (Å²) in [5.74, 6) is 0. The minimum Gasteiger partial charge on any atom is -0.113 e. The quantitative estimate of drug-likeness (QED) is 0.622. The molecule has 1 atom stereocenters. The zero-order valence-electron chi connectivity index (χ0n) is 10.3. The van der Waals surface area contributed by atoms with Crippen molar-refractivity contribution in [1.82, 2.24) is 0 Å². The van der Waals surface area contributed by atoms with Crippen molar-refractivity contribution in [3.63, 3.8) is 0 Å². The van der Waals surface area contributed by atoms with Crippen LogP contribution >= 0.6 is 23.8 Å². The van der Waals surface area contributed by atoms with E-state index in [-0.39, 0.29) is 17.4 Å². The zero-order valence-corrected chi connectivity index (χ0v) is 14.2. The number of hydrogen-bond acceptors (Lipinski definition) is 0. The Morgan fingerprint density at radius 2 is 1.14 bits per heavy atom. The average Bonchev–Trinajstić information content (AvgIpc) is 2.00. The summed E-state index contributed by atoms with van der Waals surface area (Å²) >= 11 is 0. The Balaban J connectivity index is 0. The maximum Gasteiger partial charge on any atom is 0 e. The first-order chi connectivity index (χ1) is 6.02. The Bertz CT molecular complexity index is 118. The SMILES string of the molecule is CP(C)CCCP(C)CCP(C)C.[Cr]. The van der Waals surface area contributed by atoms with Gasteiger partial charge in [0.05, 0.1) is 0 Å². The van der Waals surface area contributed by atoms with Crippen molar-refractivity contribution in [2.45, 2.75) is 6.42 Å². The third kappa shape index (κ3) is 13.8. The van der Waals surface area contributed by atoms with Crippen molar-refractivity contribution < 1.29 is 17.4 Å². The van der Waals surface area contributed by atoms with Crippen molar-refractivity contribution in [2.75, 3.05) is 58.0 Å². The molecule has 0 rings (SSSR count). The smallest absolute Gasteiger partial charge is 0 e. The molecule has 0 saturated heterocycles. The van der Waals surface area contributed by atoms with Crippen LogP contribution < -0.4 is 0 Å². The van der Waals surface area contributed by atoms with Gasteiger partial charge >= 0.3 is 0 Å². The molecule has 0 spiro atoms. The minimum absolute atomic E-state index is 0. The van der Waals surface area contributed by atoms with Gasteiger partial charge in [-0.15, -0.1) is 23.8 Å². The first-order valence-corrected chi connectivity index (χ1v) is 12.0. The molecule has 0 radical (unpaired) electrons. The molecule has 0 N–H and O–H groups in total. The van der Waals surface area contributed by atoms with Crippen LogP contribution in [-0.4, -0.2) is 58.0 Å². The molecule has 0 aliphatic heterocycles. The van der Waals surface area contributed by atoms with E-state index in [2.05, 4.69) is 33.3 Å². The fraction of sp³-hybridized carbons (Fsp3) is 1.00. The summed E-state index contributed by atoms with van der Waals surface area (Å²) in [6.07, 6.45) is 7.55. The average molecular weight is 290 g/mol. The molecule has 0 aromatic heterocycles. The summed E-state index contributed by atoms with van der Waals surface area (Å²) in [7, 11) is 1.10. The monoisotopic (exact) mass is 290 g/mol. The van der Waals surface area contributed by atoms with E-state index in [1.165, 1.54) is 31.1 Å². The molecule has 4 heteroatoms. The van der Waals surface area contributed by atoms with Crippen LogP contribution in [0.4, 0.5) is 0 Å². The fourth-order valence-electron chi connectivity index (χ4n) is 1.14. The summed E-state index contributed by atoms with van der Waals surface area (Å²) in [4.78, 5) is 0. The summed E-state index contributed by atoms with van der Waals surface area (Å²) in [5, 5.41) is 0. The minimum atomic E-state index is 0. The normalized spacial score (nSPS) is 13.1. The van der Waals surface area contributed by atoms with Gasteiger partial charge in [0.2, 0.25) is 0 Å². The van der Waals surface area contributed by atoms with Crippen LogP contribution in [0.5, 0.6) is 0 Å². The third-order valence-corrected chi connectivity index (χ3v) is 6.82. The summed E-state index contributed by atoms with van der Waals surface area (Å²) < 4.78 is 0. The zero-order chi connectivity index (χ0) is 10.3. The number of rotatable bonds is 7. The van der Waals surface area contributed by atoms with E-state index < -0.39 is 0 Å². The van der Waals surface area contributed by atoms with E-state index in [0.29, 0.717) is 23.8 Å². The fourth-order valence-corrected chi connectivity index (χ4v) is 6.07. The summed E-state index contributed by atoms with van der Waals surface area (Å²) in [6.45, 7) is 12.1. The summed E-state index contributed by atoms with van der Waals surface area (Å²) in [5.41, 5.74) is 0. The van der Waals surface area contributed by atoms with Gasteiger partial charge in [0.1, 0.15) is 0 Å². The molecular weight excluding hydrogens is 265 g/mol. The Hall–Kier alpha value is 1.82. The molecule has 0 aliphatic rings. The van der Waals surface area contributed by atoms with Gasteiger partial charge in [0.25, 0.3) is 0 Å². The van der Waals surface area contributed by atoms with Gasteiger partial charge < -0.3 is 0 Å². The Labute approximate surface area is 105 Å². The molecule has 0 amide bonds. The molecule has 0 bridgehead atoms. The molecule has 1 unspecified atom stereocenters. The van der Waals surface area contributed by atoms with E-state index in [1.54, 1.807) is 0 Å². The molecular formula is C10H25CrP3. The molecule has 0 nitrogen and oxygen atoms in total. The maximum absolute atomic E-state index is 2.49. The number of hydrogen-bond donors (Lipinski definition) is 0. The van der Waals surface area contributed by atoms with Crippen LogP contribution in [0.25, 0.3) is 0 Å². The van der Waals surface area contributed by atoms with Gasteiger partial charge in [-0.3, -0.25) is 0 Å². The van der Waals surface area contributed by atoms with E-state index in [0.717, 1.165) is 0 Å².